The molecule has 0 aromatic heterocycles. The van der Waals surface area contributed by atoms with Crippen LogP contribution < -0.4 is 5.32 Å². The van der Waals surface area contributed by atoms with E-state index < -0.39 is 11.8 Å². The number of rotatable bonds is 3. The van der Waals surface area contributed by atoms with Crippen LogP contribution >= 0.6 is 0 Å². The highest BCUT2D eigenvalue weighted by Crippen LogP contribution is 2.20. The number of carbonyl (C=O) groups excluding carboxylic acids is 1. The SMILES string of the molecule is O=C(O)c1cc(F)ccc1NC(=O)C1CCCOC1. The van der Waals surface area contributed by atoms with Crippen molar-refractivity contribution < 1.29 is 23.8 Å². The topological polar surface area (TPSA) is 75.6 Å². The Kier molecular flexibility index (Phi) is 4.11. The Morgan fingerprint density at radius 2 is 2.21 bits per heavy atom. The van der Waals surface area contributed by atoms with Crippen molar-refractivity contribution in [2.24, 2.45) is 5.92 Å². The fourth-order valence-corrected chi connectivity index (χ4v) is 1.98. The Hall–Kier alpha value is -1.95. The van der Waals surface area contributed by atoms with Crippen LogP contribution in [0.5, 0.6) is 0 Å². The second-order valence-electron chi connectivity index (χ2n) is 4.40. The zero-order valence-electron chi connectivity index (χ0n) is 10.2. The smallest absolute Gasteiger partial charge is 0.337 e. The van der Waals surface area contributed by atoms with Crippen molar-refractivity contribution in [2.45, 2.75) is 12.8 Å². The molecule has 0 aliphatic carbocycles. The van der Waals surface area contributed by atoms with Crippen molar-refractivity contribution in [3.05, 3.63) is 29.6 Å². The minimum atomic E-state index is -1.28. The zero-order chi connectivity index (χ0) is 13.8. The van der Waals surface area contributed by atoms with Crippen LogP contribution in [0.4, 0.5) is 10.1 Å². The summed E-state index contributed by atoms with van der Waals surface area (Å²) in [5.74, 6) is -2.53. The van der Waals surface area contributed by atoms with Crippen LogP contribution in [-0.4, -0.2) is 30.2 Å². The van der Waals surface area contributed by atoms with Crippen molar-refractivity contribution in [3.63, 3.8) is 0 Å². The first-order valence-corrected chi connectivity index (χ1v) is 5.99. The van der Waals surface area contributed by atoms with Crippen LogP contribution in [0.1, 0.15) is 23.2 Å². The van der Waals surface area contributed by atoms with Gasteiger partial charge in [-0.1, -0.05) is 0 Å². The average molecular weight is 267 g/mol. The summed E-state index contributed by atoms with van der Waals surface area (Å²) in [6.45, 7) is 0.968. The molecule has 1 aliphatic heterocycles. The third-order valence-corrected chi connectivity index (χ3v) is 3.00. The van der Waals surface area contributed by atoms with E-state index in [-0.39, 0.29) is 23.1 Å². The summed E-state index contributed by atoms with van der Waals surface area (Å²) in [4.78, 5) is 22.9. The molecule has 6 heteroatoms. The number of carboxylic acid groups (broad SMARTS) is 1. The number of carbonyl (C=O) groups is 2. The van der Waals surface area contributed by atoms with Gasteiger partial charge in [0, 0.05) is 6.61 Å². The van der Waals surface area contributed by atoms with Crippen molar-refractivity contribution in [3.8, 4) is 0 Å². The van der Waals surface area contributed by atoms with E-state index in [1.54, 1.807) is 0 Å². The fourth-order valence-electron chi connectivity index (χ4n) is 1.98. The molecule has 1 saturated heterocycles. The van der Waals surface area contributed by atoms with Crippen LogP contribution in [0.3, 0.4) is 0 Å². The van der Waals surface area contributed by atoms with Crippen LogP contribution in [-0.2, 0) is 9.53 Å². The van der Waals surface area contributed by atoms with E-state index in [2.05, 4.69) is 5.32 Å². The second kappa shape index (κ2) is 5.79. The van der Waals surface area contributed by atoms with Gasteiger partial charge in [-0.05, 0) is 31.0 Å². The van der Waals surface area contributed by atoms with Crippen LogP contribution in [0.2, 0.25) is 0 Å². The van der Waals surface area contributed by atoms with Gasteiger partial charge in [0.2, 0.25) is 5.91 Å². The fraction of sp³-hybridized carbons (Fsp3) is 0.385. The van der Waals surface area contributed by atoms with Crippen molar-refractivity contribution >= 4 is 17.6 Å². The molecular formula is C13H14FNO4. The molecule has 1 atom stereocenters. The Morgan fingerprint density at radius 3 is 2.84 bits per heavy atom. The molecule has 1 unspecified atom stereocenters. The Labute approximate surface area is 109 Å². The summed E-state index contributed by atoms with van der Waals surface area (Å²) in [6.07, 6.45) is 1.50. The first-order valence-electron chi connectivity index (χ1n) is 5.99. The second-order valence-corrected chi connectivity index (χ2v) is 4.40. The molecule has 0 saturated carbocycles. The number of ether oxygens (including phenoxy) is 1. The minimum absolute atomic E-state index is 0.101. The predicted molar refractivity (Wildman–Crippen MR) is 65.5 cm³/mol. The van der Waals surface area contributed by atoms with E-state index in [1.807, 2.05) is 0 Å². The number of hydrogen-bond acceptors (Lipinski definition) is 3. The number of benzene rings is 1. The molecule has 0 spiro atoms. The Bertz CT molecular complexity index is 497. The molecule has 1 heterocycles. The lowest BCUT2D eigenvalue weighted by atomic mass is 10.0. The largest absolute Gasteiger partial charge is 0.478 e. The highest BCUT2D eigenvalue weighted by Gasteiger charge is 2.23. The van der Waals surface area contributed by atoms with Crippen molar-refractivity contribution in [1.82, 2.24) is 0 Å². The van der Waals surface area contributed by atoms with Gasteiger partial charge in [-0.3, -0.25) is 4.79 Å². The molecular weight excluding hydrogens is 253 g/mol. The number of halogens is 1. The quantitative estimate of drug-likeness (QED) is 0.876. The highest BCUT2D eigenvalue weighted by molar-refractivity contribution is 6.01. The van der Waals surface area contributed by atoms with Gasteiger partial charge in [0.25, 0.3) is 0 Å². The molecule has 1 aromatic rings. The van der Waals surface area contributed by atoms with E-state index in [4.69, 9.17) is 9.84 Å². The summed E-state index contributed by atoms with van der Waals surface area (Å²) in [6, 6.07) is 3.25. The van der Waals surface area contributed by atoms with Gasteiger partial charge in [-0.25, -0.2) is 9.18 Å². The van der Waals surface area contributed by atoms with Crippen LogP contribution in [0.15, 0.2) is 18.2 Å². The van der Waals surface area contributed by atoms with Crippen LogP contribution in [0, 0.1) is 11.7 Å². The van der Waals surface area contributed by atoms with E-state index in [1.165, 1.54) is 6.07 Å². The number of carboxylic acids is 1. The summed E-state index contributed by atoms with van der Waals surface area (Å²) in [5, 5.41) is 11.5. The molecule has 1 aromatic carbocycles. The maximum atomic E-state index is 13.0. The number of anilines is 1. The lowest BCUT2D eigenvalue weighted by Crippen LogP contribution is -2.30. The number of aromatic carboxylic acids is 1. The first-order chi connectivity index (χ1) is 9.08. The third-order valence-electron chi connectivity index (χ3n) is 3.00. The van der Waals surface area contributed by atoms with Gasteiger partial charge in [0.1, 0.15) is 5.82 Å². The highest BCUT2D eigenvalue weighted by atomic mass is 19.1. The van der Waals surface area contributed by atoms with E-state index in [0.717, 1.165) is 18.6 Å². The number of hydrogen-bond donors (Lipinski definition) is 2. The normalized spacial score (nSPS) is 18.9. The molecule has 2 N–H and O–H groups in total. The molecule has 102 valence electrons. The summed E-state index contributed by atoms with van der Waals surface area (Å²) < 4.78 is 18.2. The summed E-state index contributed by atoms with van der Waals surface area (Å²) in [7, 11) is 0. The number of amides is 1. The molecule has 0 bridgehead atoms. The Morgan fingerprint density at radius 1 is 1.42 bits per heavy atom. The van der Waals surface area contributed by atoms with E-state index >= 15 is 0 Å². The molecule has 1 amide bonds. The molecule has 2 rings (SSSR count). The number of nitrogens with one attached hydrogen (secondary N) is 1. The van der Waals surface area contributed by atoms with Crippen molar-refractivity contribution in [2.75, 3.05) is 18.5 Å². The van der Waals surface area contributed by atoms with Gasteiger partial charge < -0.3 is 15.2 Å². The molecule has 1 aliphatic rings. The molecule has 1 fully saturated rings. The van der Waals surface area contributed by atoms with Gasteiger partial charge in [-0.2, -0.15) is 0 Å². The van der Waals surface area contributed by atoms with Gasteiger partial charge in [0.05, 0.1) is 23.8 Å². The predicted octanol–water partition coefficient (Wildman–Crippen LogP) is 1.89. The molecule has 5 nitrogen and oxygen atoms in total. The van der Waals surface area contributed by atoms with Crippen LogP contribution in [0.25, 0.3) is 0 Å². The van der Waals surface area contributed by atoms with Crippen molar-refractivity contribution in [1.29, 1.82) is 0 Å². The zero-order valence-corrected chi connectivity index (χ0v) is 10.2. The monoisotopic (exact) mass is 267 g/mol. The average Bonchev–Trinajstić information content (AvgIpc) is 2.41. The van der Waals surface area contributed by atoms with E-state index in [9.17, 15) is 14.0 Å². The van der Waals surface area contributed by atoms with Gasteiger partial charge >= 0.3 is 5.97 Å². The lowest BCUT2D eigenvalue weighted by Gasteiger charge is -2.21. The third kappa shape index (κ3) is 3.29. The maximum absolute atomic E-state index is 13.0. The van der Waals surface area contributed by atoms with Gasteiger partial charge in [0.15, 0.2) is 0 Å². The first kappa shape index (κ1) is 13.5. The van der Waals surface area contributed by atoms with E-state index in [0.29, 0.717) is 19.6 Å². The standard InChI is InChI=1S/C13H14FNO4/c14-9-3-4-11(10(6-9)13(17)18)15-12(16)8-2-1-5-19-7-8/h3-4,6,8H,1-2,5,7H2,(H,15,16)(H,17,18). The molecule has 19 heavy (non-hydrogen) atoms. The molecule has 0 radical (unpaired) electrons. The maximum Gasteiger partial charge on any atom is 0.337 e. The Balaban J connectivity index is 2.13. The summed E-state index contributed by atoms with van der Waals surface area (Å²) >= 11 is 0. The lowest BCUT2D eigenvalue weighted by molar-refractivity contribution is -0.123. The minimum Gasteiger partial charge on any atom is -0.478 e. The summed E-state index contributed by atoms with van der Waals surface area (Å²) in [5.41, 5.74) is -0.158. The van der Waals surface area contributed by atoms with Gasteiger partial charge in [-0.15, -0.1) is 0 Å².